The third-order valence-corrected chi connectivity index (χ3v) is 2.44. The monoisotopic (exact) mass is 165 g/mol. The van der Waals surface area contributed by atoms with Gasteiger partial charge in [-0.15, -0.1) is 0 Å². The maximum Gasteiger partial charge on any atom is 0.128 e. The molecule has 0 aromatic heterocycles. The highest BCUT2D eigenvalue weighted by atomic mass is 19.1. The first-order valence-corrected chi connectivity index (χ1v) is 4.27. The van der Waals surface area contributed by atoms with Crippen LogP contribution in [0.1, 0.15) is 23.6 Å². The lowest BCUT2D eigenvalue weighted by molar-refractivity contribution is 0.369. The second-order valence-corrected chi connectivity index (χ2v) is 3.27. The van der Waals surface area contributed by atoms with Crippen molar-refractivity contribution < 1.29 is 4.39 Å². The van der Waals surface area contributed by atoms with Crippen LogP contribution in [0.2, 0.25) is 0 Å². The fraction of sp³-hybridized carbons (Fsp3) is 0.400. The van der Waals surface area contributed by atoms with E-state index in [-0.39, 0.29) is 11.9 Å². The molecule has 1 saturated heterocycles. The van der Waals surface area contributed by atoms with Crippen LogP contribution < -0.4 is 5.32 Å². The van der Waals surface area contributed by atoms with Crippen molar-refractivity contribution in [1.29, 1.82) is 0 Å². The fourth-order valence-corrected chi connectivity index (χ4v) is 1.62. The highest BCUT2D eigenvalue weighted by Gasteiger charge is 2.22. The summed E-state index contributed by atoms with van der Waals surface area (Å²) in [5.41, 5.74) is 1.90. The van der Waals surface area contributed by atoms with E-state index in [0.29, 0.717) is 0 Å². The Morgan fingerprint density at radius 2 is 2.25 bits per heavy atom. The lowest BCUT2D eigenvalue weighted by Gasteiger charge is -2.29. The van der Waals surface area contributed by atoms with Gasteiger partial charge in [0.1, 0.15) is 5.82 Å². The third-order valence-electron chi connectivity index (χ3n) is 2.44. The maximum absolute atomic E-state index is 13.3. The van der Waals surface area contributed by atoms with E-state index in [4.69, 9.17) is 0 Å². The van der Waals surface area contributed by atoms with Gasteiger partial charge in [-0.2, -0.15) is 0 Å². The second kappa shape index (κ2) is 2.87. The van der Waals surface area contributed by atoms with Crippen molar-refractivity contribution in [2.75, 3.05) is 6.54 Å². The Morgan fingerprint density at radius 3 is 2.75 bits per heavy atom. The van der Waals surface area contributed by atoms with Crippen molar-refractivity contribution in [2.24, 2.45) is 0 Å². The van der Waals surface area contributed by atoms with Gasteiger partial charge in [-0.1, -0.05) is 12.1 Å². The molecule has 2 rings (SSSR count). The van der Waals surface area contributed by atoms with Gasteiger partial charge < -0.3 is 5.32 Å². The van der Waals surface area contributed by atoms with Crippen LogP contribution in [0.25, 0.3) is 0 Å². The quantitative estimate of drug-likeness (QED) is 0.672. The number of hydrogen-bond acceptors (Lipinski definition) is 1. The Bertz CT molecular complexity index is 272. The van der Waals surface area contributed by atoms with Gasteiger partial charge >= 0.3 is 0 Å². The number of halogens is 1. The second-order valence-electron chi connectivity index (χ2n) is 3.27. The van der Waals surface area contributed by atoms with Crippen LogP contribution in [0.15, 0.2) is 18.2 Å². The van der Waals surface area contributed by atoms with Crippen molar-refractivity contribution in [3.8, 4) is 0 Å². The Kier molecular flexibility index (Phi) is 1.85. The minimum absolute atomic E-state index is 0.0767. The molecule has 2 heteroatoms. The van der Waals surface area contributed by atoms with E-state index in [2.05, 4.69) is 5.32 Å². The summed E-state index contributed by atoms with van der Waals surface area (Å²) in [6, 6.07) is 5.50. The Morgan fingerprint density at radius 1 is 1.50 bits per heavy atom. The summed E-state index contributed by atoms with van der Waals surface area (Å²) in [6.07, 6.45) is 1.06. The first-order valence-electron chi connectivity index (χ1n) is 4.27. The largest absolute Gasteiger partial charge is 0.310 e. The number of aryl methyl sites for hydroxylation is 1. The van der Waals surface area contributed by atoms with Crippen LogP contribution in [0.3, 0.4) is 0 Å². The average molecular weight is 165 g/mol. The lowest BCUT2D eigenvalue weighted by atomic mass is 9.94. The molecule has 1 aliphatic rings. The van der Waals surface area contributed by atoms with Gasteiger partial charge in [-0.3, -0.25) is 0 Å². The molecule has 0 radical (unpaired) electrons. The minimum atomic E-state index is -0.0767. The summed E-state index contributed by atoms with van der Waals surface area (Å²) in [4.78, 5) is 0. The Hall–Kier alpha value is -0.890. The van der Waals surface area contributed by atoms with Crippen molar-refractivity contribution in [3.63, 3.8) is 0 Å². The molecule has 0 bridgehead atoms. The van der Waals surface area contributed by atoms with Crippen molar-refractivity contribution >= 4 is 0 Å². The number of nitrogens with one attached hydrogen (secondary N) is 1. The zero-order valence-corrected chi connectivity index (χ0v) is 7.10. The molecule has 1 aromatic rings. The molecule has 1 fully saturated rings. The van der Waals surface area contributed by atoms with E-state index in [0.717, 1.165) is 24.1 Å². The predicted molar refractivity (Wildman–Crippen MR) is 46.5 cm³/mol. The van der Waals surface area contributed by atoms with Gasteiger partial charge in [0.15, 0.2) is 0 Å². The predicted octanol–water partition coefficient (Wildman–Crippen LogP) is 2.17. The molecule has 1 unspecified atom stereocenters. The van der Waals surface area contributed by atoms with Crippen LogP contribution in [-0.4, -0.2) is 6.54 Å². The van der Waals surface area contributed by atoms with Crippen LogP contribution in [-0.2, 0) is 0 Å². The third kappa shape index (κ3) is 1.12. The molecule has 12 heavy (non-hydrogen) atoms. The molecule has 1 aromatic carbocycles. The topological polar surface area (TPSA) is 12.0 Å². The molecular formula is C10H12FN. The normalized spacial score (nSPS) is 22.0. The molecule has 1 heterocycles. The smallest absolute Gasteiger partial charge is 0.128 e. The van der Waals surface area contributed by atoms with Crippen molar-refractivity contribution in [2.45, 2.75) is 19.4 Å². The Balaban J connectivity index is 2.39. The molecular weight excluding hydrogens is 153 g/mol. The molecule has 1 N–H and O–H groups in total. The highest BCUT2D eigenvalue weighted by molar-refractivity contribution is 5.31. The fourth-order valence-electron chi connectivity index (χ4n) is 1.62. The summed E-state index contributed by atoms with van der Waals surface area (Å²) in [6.45, 7) is 2.97. The summed E-state index contributed by atoms with van der Waals surface area (Å²) in [5, 5.41) is 3.20. The average Bonchev–Trinajstić information content (AvgIpc) is 1.93. The summed E-state index contributed by atoms with van der Waals surface area (Å²) >= 11 is 0. The summed E-state index contributed by atoms with van der Waals surface area (Å²) in [7, 11) is 0. The standard InChI is InChI=1S/C10H12FN/c1-7-3-2-4-8(11)10(7)9-5-6-12-9/h2-4,9,12H,5-6H2,1H3. The summed E-state index contributed by atoms with van der Waals surface area (Å²) in [5.74, 6) is -0.0767. The molecule has 0 saturated carbocycles. The van der Waals surface area contributed by atoms with E-state index in [1.165, 1.54) is 6.07 Å². The minimum Gasteiger partial charge on any atom is -0.310 e. The first-order chi connectivity index (χ1) is 5.79. The van der Waals surface area contributed by atoms with Gasteiger partial charge in [0, 0.05) is 11.6 Å². The van der Waals surface area contributed by atoms with Crippen molar-refractivity contribution in [1.82, 2.24) is 5.32 Å². The molecule has 1 aliphatic heterocycles. The molecule has 64 valence electrons. The molecule has 1 atom stereocenters. The lowest BCUT2D eigenvalue weighted by Crippen LogP contribution is -2.36. The van der Waals surface area contributed by atoms with E-state index < -0.39 is 0 Å². The van der Waals surface area contributed by atoms with Crippen LogP contribution in [0, 0.1) is 12.7 Å². The zero-order chi connectivity index (χ0) is 8.55. The molecule has 0 amide bonds. The van der Waals surface area contributed by atoms with Crippen LogP contribution in [0.5, 0.6) is 0 Å². The van der Waals surface area contributed by atoms with Crippen LogP contribution >= 0.6 is 0 Å². The van der Waals surface area contributed by atoms with Gasteiger partial charge in [0.2, 0.25) is 0 Å². The molecule has 0 spiro atoms. The van der Waals surface area contributed by atoms with E-state index in [1.807, 2.05) is 13.0 Å². The number of rotatable bonds is 1. The molecule has 0 aliphatic carbocycles. The van der Waals surface area contributed by atoms with E-state index in [1.54, 1.807) is 6.07 Å². The van der Waals surface area contributed by atoms with Gasteiger partial charge in [0.05, 0.1) is 0 Å². The Labute approximate surface area is 71.6 Å². The molecule has 1 nitrogen and oxygen atoms in total. The highest BCUT2D eigenvalue weighted by Crippen LogP contribution is 2.27. The first kappa shape index (κ1) is 7.74. The van der Waals surface area contributed by atoms with Gasteiger partial charge in [-0.25, -0.2) is 4.39 Å². The SMILES string of the molecule is Cc1cccc(F)c1C1CCN1. The van der Waals surface area contributed by atoms with Gasteiger partial charge in [-0.05, 0) is 31.5 Å². The zero-order valence-electron chi connectivity index (χ0n) is 7.10. The maximum atomic E-state index is 13.3. The number of hydrogen-bond donors (Lipinski definition) is 1. The number of benzene rings is 1. The summed E-state index contributed by atoms with van der Waals surface area (Å²) < 4.78 is 13.3. The van der Waals surface area contributed by atoms with Crippen molar-refractivity contribution in [3.05, 3.63) is 35.1 Å². The van der Waals surface area contributed by atoms with Gasteiger partial charge in [0.25, 0.3) is 0 Å². The van der Waals surface area contributed by atoms with Crippen LogP contribution in [0.4, 0.5) is 4.39 Å². The van der Waals surface area contributed by atoms with E-state index in [9.17, 15) is 4.39 Å². The van der Waals surface area contributed by atoms with E-state index >= 15 is 0 Å².